The number of hydrogen-bond donors (Lipinski definition) is 6. The molecule has 1 fully saturated rings. The first-order valence-corrected chi connectivity index (χ1v) is 16.9. The number of carbonyl (C=O) groups is 5. The van der Waals surface area contributed by atoms with Gasteiger partial charge in [0.2, 0.25) is 11.8 Å². The van der Waals surface area contributed by atoms with E-state index in [-0.39, 0.29) is 30.5 Å². The summed E-state index contributed by atoms with van der Waals surface area (Å²) in [6, 6.07) is 18.9. The van der Waals surface area contributed by atoms with Crippen molar-refractivity contribution in [3.8, 4) is 5.75 Å². The number of hydroxylamine groups is 1. The number of benzene rings is 3. The third-order valence-corrected chi connectivity index (χ3v) is 9.03. The van der Waals surface area contributed by atoms with Crippen LogP contribution in [0.4, 0.5) is 5.69 Å². The average molecular weight is 709 g/mol. The normalized spacial score (nSPS) is 15.8. The van der Waals surface area contributed by atoms with Gasteiger partial charge in [-0.25, -0.2) is 11.3 Å². The lowest BCUT2D eigenvalue weighted by Crippen LogP contribution is -2.54. The van der Waals surface area contributed by atoms with E-state index in [1.807, 2.05) is 47.2 Å². The minimum Gasteiger partial charge on any atom is -0.494 e. The van der Waals surface area contributed by atoms with Crippen molar-refractivity contribution in [3.63, 3.8) is 0 Å². The van der Waals surface area contributed by atoms with Crippen molar-refractivity contribution in [2.24, 2.45) is 11.6 Å². The molecule has 3 heterocycles. The van der Waals surface area contributed by atoms with Crippen molar-refractivity contribution >= 4 is 46.1 Å². The zero-order valence-corrected chi connectivity index (χ0v) is 28.3. The Morgan fingerprint density at radius 1 is 1.02 bits per heavy atom. The standard InChI is InChI=1S/C37H40N8O7/c38-26(20-40-29-6-4-5-28-33(29)37(50)45(36(28)49)30-13-14-32(46)41-35(30)48)22-44(39)16-2-1-3-18-52-27-11-7-23(8-12-27)21-43-17-15-24-9-10-25(19-31(24)43)34(47)42-51/h4-12,15,17,19,22,30,40,51H,1-3,13-14,16,18,20-21,38-39H2,(H,42,47)(H,41,46,48)/b26-22-. The van der Waals surface area contributed by atoms with Crippen LogP contribution in [0.2, 0.25) is 0 Å². The number of rotatable bonds is 15. The van der Waals surface area contributed by atoms with Gasteiger partial charge in [-0.3, -0.25) is 39.4 Å². The Kier molecular flexibility index (Phi) is 10.8. The lowest BCUT2D eigenvalue weighted by molar-refractivity contribution is -0.136. The van der Waals surface area contributed by atoms with Gasteiger partial charge in [0, 0.05) is 54.4 Å². The van der Waals surface area contributed by atoms with Crippen molar-refractivity contribution < 1.29 is 33.9 Å². The Hall–Kier alpha value is -6.19. The Balaban J connectivity index is 0.910. The summed E-state index contributed by atoms with van der Waals surface area (Å²) in [6.07, 6.45) is 6.21. The summed E-state index contributed by atoms with van der Waals surface area (Å²) in [6.45, 7) is 1.87. The highest BCUT2D eigenvalue weighted by molar-refractivity contribution is 6.25. The fourth-order valence-corrected chi connectivity index (χ4v) is 6.36. The van der Waals surface area contributed by atoms with Gasteiger partial charge in [-0.2, -0.15) is 0 Å². The molecule has 52 heavy (non-hydrogen) atoms. The van der Waals surface area contributed by atoms with Crippen LogP contribution < -0.4 is 32.4 Å². The molecule has 270 valence electrons. The molecule has 15 heteroatoms. The number of fused-ring (bicyclic) bond motifs is 2. The molecule has 1 unspecified atom stereocenters. The molecule has 1 saturated heterocycles. The first-order valence-electron chi connectivity index (χ1n) is 16.9. The fourth-order valence-electron chi connectivity index (χ4n) is 6.36. The zero-order valence-electron chi connectivity index (χ0n) is 28.3. The molecule has 0 aliphatic carbocycles. The minimum atomic E-state index is -1.04. The predicted molar refractivity (Wildman–Crippen MR) is 191 cm³/mol. The summed E-state index contributed by atoms with van der Waals surface area (Å²) in [5.41, 5.74) is 11.4. The van der Waals surface area contributed by atoms with E-state index in [0.29, 0.717) is 36.6 Å². The number of nitrogens with one attached hydrogen (secondary N) is 3. The summed E-state index contributed by atoms with van der Waals surface area (Å²) in [5.74, 6) is 4.08. The minimum absolute atomic E-state index is 0.0453. The number of hydrazine groups is 1. The van der Waals surface area contributed by atoms with Gasteiger partial charge in [0.1, 0.15) is 11.8 Å². The van der Waals surface area contributed by atoms with Gasteiger partial charge >= 0.3 is 0 Å². The van der Waals surface area contributed by atoms with Gasteiger partial charge in [0.05, 0.1) is 24.3 Å². The van der Waals surface area contributed by atoms with Crippen LogP contribution >= 0.6 is 0 Å². The second-order valence-corrected chi connectivity index (χ2v) is 12.7. The molecule has 4 aromatic rings. The zero-order chi connectivity index (χ0) is 36.8. The number of amides is 5. The summed E-state index contributed by atoms with van der Waals surface area (Å²) >= 11 is 0. The molecule has 1 atom stereocenters. The van der Waals surface area contributed by atoms with Gasteiger partial charge in [0.25, 0.3) is 17.7 Å². The summed E-state index contributed by atoms with van der Waals surface area (Å²) in [4.78, 5) is 63.0. The smallest absolute Gasteiger partial charge is 0.274 e. The predicted octanol–water partition coefficient (Wildman–Crippen LogP) is 2.85. The van der Waals surface area contributed by atoms with E-state index < -0.39 is 35.6 Å². The molecule has 15 nitrogen and oxygen atoms in total. The Morgan fingerprint density at radius 3 is 2.60 bits per heavy atom. The van der Waals surface area contributed by atoms with E-state index in [1.54, 1.807) is 35.9 Å². The lowest BCUT2D eigenvalue weighted by Gasteiger charge is -2.27. The molecule has 5 amide bonds. The van der Waals surface area contributed by atoms with E-state index in [9.17, 15) is 24.0 Å². The van der Waals surface area contributed by atoms with E-state index in [2.05, 4.69) is 10.6 Å². The van der Waals surface area contributed by atoms with Crippen LogP contribution in [0, 0.1) is 0 Å². The molecule has 3 aromatic carbocycles. The van der Waals surface area contributed by atoms with Gasteiger partial charge < -0.3 is 25.4 Å². The van der Waals surface area contributed by atoms with Crippen molar-refractivity contribution in [1.29, 1.82) is 0 Å². The maximum atomic E-state index is 13.3. The molecule has 2 aliphatic rings. The van der Waals surface area contributed by atoms with Crippen LogP contribution in [0.1, 0.15) is 68.7 Å². The van der Waals surface area contributed by atoms with Crippen molar-refractivity contribution in [2.45, 2.75) is 44.7 Å². The summed E-state index contributed by atoms with van der Waals surface area (Å²) in [5, 5.41) is 16.7. The number of piperidine rings is 1. The molecular formula is C37H40N8O7. The number of nitrogens with two attached hydrogens (primary N) is 2. The van der Waals surface area contributed by atoms with Crippen molar-refractivity contribution in [1.82, 2.24) is 25.3 Å². The quantitative estimate of drug-likeness (QED) is 0.0347. The molecule has 0 saturated carbocycles. The second-order valence-electron chi connectivity index (χ2n) is 12.7. The molecular weight excluding hydrogens is 668 g/mol. The maximum absolute atomic E-state index is 13.3. The molecule has 1 aromatic heterocycles. The van der Waals surface area contributed by atoms with E-state index in [4.69, 9.17) is 21.5 Å². The van der Waals surface area contributed by atoms with E-state index in [0.717, 1.165) is 46.4 Å². The van der Waals surface area contributed by atoms with Crippen LogP contribution in [-0.4, -0.2) is 75.0 Å². The molecule has 2 aliphatic heterocycles. The van der Waals surface area contributed by atoms with Crippen LogP contribution in [0.3, 0.4) is 0 Å². The Labute approximate surface area is 299 Å². The maximum Gasteiger partial charge on any atom is 0.274 e. The first kappa shape index (κ1) is 35.6. The molecule has 0 spiro atoms. The van der Waals surface area contributed by atoms with Gasteiger partial charge in [0.15, 0.2) is 0 Å². The topological polar surface area (TPSA) is 214 Å². The van der Waals surface area contributed by atoms with Gasteiger partial charge in [-0.1, -0.05) is 24.3 Å². The second kappa shape index (κ2) is 15.8. The number of hydrogen-bond acceptors (Lipinski definition) is 11. The van der Waals surface area contributed by atoms with Crippen LogP contribution in [0.15, 0.2) is 84.8 Å². The van der Waals surface area contributed by atoms with Crippen molar-refractivity contribution in [3.05, 3.63) is 107 Å². The number of ether oxygens (including phenoxy) is 1. The highest BCUT2D eigenvalue weighted by Crippen LogP contribution is 2.32. The molecule has 8 N–H and O–H groups in total. The summed E-state index contributed by atoms with van der Waals surface area (Å²) in [7, 11) is 0. The highest BCUT2D eigenvalue weighted by Gasteiger charge is 2.45. The third kappa shape index (κ3) is 7.90. The summed E-state index contributed by atoms with van der Waals surface area (Å²) < 4.78 is 7.96. The van der Waals surface area contributed by atoms with Crippen molar-refractivity contribution in [2.75, 3.05) is 25.0 Å². The SMILES string of the molecule is N/C(=C\N(N)CCCCCOc1ccc(Cn2ccc3ccc(C(=O)NO)cc32)cc1)CNc1cccc2c1C(=O)N(C1CCC(=O)NC1=O)C2=O. The van der Waals surface area contributed by atoms with E-state index >= 15 is 0 Å². The van der Waals surface area contributed by atoms with Crippen LogP contribution in [0.25, 0.3) is 10.9 Å². The number of imide groups is 2. The van der Waals surface area contributed by atoms with E-state index in [1.165, 1.54) is 11.1 Å². The number of unbranched alkanes of at least 4 members (excludes halogenated alkanes) is 2. The average Bonchev–Trinajstić information content (AvgIpc) is 3.65. The third-order valence-electron chi connectivity index (χ3n) is 9.03. The van der Waals surface area contributed by atoms with Crippen LogP contribution in [0.5, 0.6) is 5.75 Å². The molecule has 6 rings (SSSR count). The Morgan fingerprint density at radius 2 is 1.83 bits per heavy atom. The first-order chi connectivity index (χ1) is 25.1. The fraction of sp³-hybridized carbons (Fsp3) is 0.270. The van der Waals surface area contributed by atoms with Gasteiger partial charge in [-0.05, 0) is 79.1 Å². The highest BCUT2D eigenvalue weighted by atomic mass is 16.5. The van der Waals surface area contributed by atoms with Crippen LogP contribution in [-0.2, 0) is 16.1 Å². The number of aromatic nitrogens is 1. The number of nitrogens with zero attached hydrogens (tertiary/aromatic N) is 3. The molecule has 0 bridgehead atoms. The number of anilines is 1. The van der Waals surface area contributed by atoms with Gasteiger partial charge in [-0.15, -0.1) is 0 Å². The number of carbonyl (C=O) groups excluding carboxylic acids is 5. The largest absolute Gasteiger partial charge is 0.494 e. The monoisotopic (exact) mass is 708 g/mol. The lowest BCUT2D eigenvalue weighted by atomic mass is 10.0. The Bertz CT molecular complexity index is 2040. The molecule has 0 radical (unpaired) electrons.